The Kier molecular flexibility index (Phi) is 9.32. The van der Waals surface area contributed by atoms with E-state index in [1.165, 1.54) is 16.8 Å². The van der Waals surface area contributed by atoms with Gasteiger partial charge in [-0.15, -0.1) is 11.8 Å². The highest BCUT2D eigenvalue weighted by atomic mass is 32.2. The Balaban J connectivity index is 1.49. The summed E-state index contributed by atoms with van der Waals surface area (Å²) in [7, 11) is -16.4. The van der Waals surface area contributed by atoms with E-state index in [4.69, 9.17) is 24.2 Å². The number of benzene rings is 1. The molecule has 0 spiro atoms. The van der Waals surface area contributed by atoms with E-state index in [-0.39, 0.29) is 18.3 Å². The van der Waals surface area contributed by atoms with E-state index in [0.29, 0.717) is 5.75 Å². The molecule has 194 valence electrons. The highest BCUT2D eigenvalue weighted by molar-refractivity contribution is 8.00. The van der Waals surface area contributed by atoms with Gasteiger partial charge in [-0.3, -0.25) is 9.09 Å². The second-order valence-corrected chi connectivity index (χ2v) is 12.1. The molecule has 0 amide bonds. The Bertz CT molecular complexity index is 1210. The van der Waals surface area contributed by atoms with Gasteiger partial charge in [0.05, 0.1) is 6.61 Å². The van der Waals surface area contributed by atoms with Gasteiger partial charge in [0.2, 0.25) is 0 Å². The van der Waals surface area contributed by atoms with E-state index in [2.05, 4.69) is 23.4 Å². The normalized spacial score (nSPS) is 21.7. The molecule has 5 N–H and O–H groups in total. The van der Waals surface area contributed by atoms with E-state index < -0.39 is 47.4 Å². The number of nitrogens with one attached hydrogen (secondary N) is 1. The topological polar surface area (TPSA) is 225 Å². The fourth-order valence-corrected chi connectivity index (χ4v) is 6.68. The van der Waals surface area contributed by atoms with Crippen molar-refractivity contribution in [3.05, 3.63) is 53.1 Å². The minimum atomic E-state index is -5.61. The molecule has 1 saturated heterocycles. The predicted octanol–water partition coefficient (Wildman–Crippen LogP) is 1.62. The Labute approximate surface area is 201 Å². The van der Waals surface area contributed by atoms with Crippen molar-refractivity contribution in [2.24, 2.45) is 0 Å². The maximum Gasteiger partial charge on any atom is 0.490 e. The molecule has 0 radical (unpaired) electrons. The van der Waals surface area contributed by atoms with E-state index in [0.717, 1.165) is 11.8 Å². The van der Waals surface area contributed by atoms with Crippen molar-refractivity contribution in [2.45, 2.75) is 11.7 Å². The van der Waals surface area contributed by atoms with Crippen LogP contribution in [0.2, 0.25) is 0 Å². The molecule has 0 saturated carbocycles. The summed E-state index contributed by atoms with van der Waals surface area (Å²) in [5.41, 5.74) is -1.54. The zero-order chi connectivity index (χ0) is 25.7. The molecular weight excluding hydrogens is 555 g/mol. The van der Waals surface area contributed by atoms with Gasteiger partial charge in [-0.05, 0) is 18.2 Å². The van der Waals surface area contributed by atoms with Gasteiger partial charge in [-0.1, -0.05) is 18.2 Å². The Morgan fingerprint density at radius 1 is 1.09 bits per heavy atom. The summed E-state index contributed by atoms with van der Waals surface area (Å²) in [6, 6.07) is 10.5. The van der Waals surface area contributed by atoms with Gasteiger partial charge in [0.25, 0.3) is 0 Å². The second-order valence-electron chi connectivity index (χ2n) is 6.52. The van der Waals surface area contributed by atoms with Crippen molar-refractivity contribution in [3.63, 3.8) is 0 Å². The van der Waals surface area contributed by atoms with Gasteiger partial charge >= 0.3 is 29.2 Å². The number of phosphoric ester groups is 1. The lowest BCUT2D eigenvalue weighted by atomic mass is 10.3. The van der Waals surface area contributed by atoms with Crippen molar-refractivity contribution >= 4 is 41.0 Å². The minimum absolute atomic E-state index is 0.0684. The average molecular weight is 575 g/mol. The first-order chi connectivity index (χ1) is 16.3. The zero-order valence-electron chi connectivity index (χ0n) is 17.4. The largest absolute Gasteiger partial charge is 0.490 e. The fraction of sp³-hybridized carbons (Fsp3) is 0.333. The number of hydrogen-bond acceptors (Lipinski definition) is 12. The van der Waals surface area contributed by atoms with Crippen LogP contribution in [0, 0.1) is 0 Å². The SMILES string of the molecule is O=c1nc(NCOc2ccccc2)ccn1[C@H]1CS[C@@H](COP(=O)(O)OP(=O)(O)OP(=O)(O)O)O1. The Morgan fingerprint density at radius 2 is 1.80 bits per heavy atom. The number of para-hydroxylation sites is 1. The van der Waals surface area contributed by atoms with Crippen LogP contribution < -0.4 is 15.7 Å². The van der Waals surface area contributed by atoms with Crippen molar-refractivity contribution in [1.82, 2.24) is 9.55 Å². The average Bonchev–Trinajstić information content (AvgIpc) is 3.19. The van der Waals surface area contributed by atoms with Crippen LogP contribution in [-0.4, -0.2) is 53.7 Å². The molecule has 0 aliphatic carbocycles. The molecule has 0 bridgehead atoms. The molecule has 1 aliphatic rings. The lowest BCUT2D eigenvalue weighted by Gasteiger charge is -2.18. The molecule has 3 rings (SSSR count). The van der Waals surface area contributed by atoms with E-state index in [1.807, 2.05) is 18.2 Å². The highest BCUT2D eigenvalue weighted by Crippen LogP contribution is 2.66. The van der Waals surface area contributed by atoms with Gasteiger partial charge in [0.15, 0.2) is 6.73 Å². The quantitative estimate of drug-likeness (QED) is 0.179. The predicted molar refractivity (Wildman–Crippen MR) is 120 cm³/mol. The Hall–Kier alpha value is -1.58. The number of hydrogen-bond donors (Lipinski definition) is 5. The van der Waals surface area contributed by atoms with Crippen molar-refractivity contribution in [1.29, 1.82) is 0 Å². The van der Waals surface area contributed by atoms with Crippen LogP contribution in [-0.2, 0) is 31.6 Å². The standard InChI is InChI=1S/C15H20N3O13P3S/c19-15-17-12(16-10-27-11-4-2-1-3-5-11)6-7-18(15)13-9-35-14(29-13)8-28-33(23,24)31-34(25,26)30-32(20,21)22/h1-7,13-14H,8-10H2,(H,23,24)(H,25,26)(H,16,17,19)(H2,20,21,22)/t13-,14+/m1/s1. The van der Waals surface area contributed by atoms with Crippen LogP contribution in [0.25, 0.3) is 0 Å². The summed E-state index contributed by atoms with van der Waals surface area (Å²) >= 11 is 1.09. The number of phosphoric acid groups is 3. The summed E-state index contributed by atoms with van der Waals surface area (Å²) < 4.78 is 57.8. The first-order valence-corrected chi connectivity index (χ1v) is 15.0. The minimum Gasteiger partial charge on any atom is -0.473 e. The van der Waals surface area contributed by atoms with E-state index in [9.17, 15) is 23.4 Å². The third-order valence-corrected chi connectivity index (χ3v) is 8.80. The van der Waals surface area contributed by atoms with E-state index in [1.54, 1.807) is 12.1 Å². The van der Waals surface area contributed by atoms with Crippen LogP contribution in [0.5, 0.6) is 5.75 Å². The molecule has 16 nitrogen and oxygen atoms in total. The third kappa shape index (κ3) is 9.42. The number of nitrogens with zero attached hydrogens (tertiary/aromatic N) is 2. The highest BCUT2D eigenvalue weighted by Gasteiger charge is 2.41. The molecule has 35 heavy (non-hydrogen) atoms. The van der Waals surface area contributed by atoms with Gasteiger partial charge in [-0.25, -0.2) is 18.5 Å². The molecule has 1 fully saturated rings. The second kappa shape index (κ2) is 11.6. The molecule has 4 atom stereocenters. The molecule has 1 aromatic heterocycles. The molecular formula is C15H20N3O13P3S. The summed E-state index contributed by atoms with van der Waals surface area (Å²) in [4.78, 5) is 51.9. The summed E-state index contributed by atoms with van der Waals surface area (Å²) in [6.45, 7) is -0.567. The summed E-state index contributed by atoms with van der Waals surface area (Å²) in [5.74, 6) is 1.12. The van der Waals surface area contributed by atoms with Crippen molar-refractivity contribution < 1.29 is 55.9 Å². The summed E-state index contributed by atoms with van der Waals surface area (Å²) in [6.07, 6.45) is 0.625. The number of rotatable bonds is 12. The lowest BCUT2D eigenvalue weighted by molar-refractivity contribution is -0.00647. The Morgan fingerprint density at radius 3 is 2.46 bits per heavy atom. The first-order valence-electron chi connectivity index (χ1n) is 9.38. The first kappa shape index (κ1) is 28.0. The number of ether oxygens (including phenoxy) is 2. The molecule has 2 unspecified atom stereocenters. The van der Waals surface area contributed by atoms with Crippen LogP contribution in [0.4, 0.5) is 5.82 Å². The molecule has 2 aromatic rings. The van der Waals surface area contributed by atoms with Crippen LogP contribution in [0.3, 0.4) is 0 Å². The van der Waals surface area contributed by atoms with Crippen molar-refractivity contribution in [3.8, 4) is 5.75 Å². The van der Waals surface area contributed by atoms with Gasteiger partial charge < -0.3 is 34.4 Å². The molecule has 1 aliphatic heterocycles. The van der Waals surface area contributed by atoms with Gasteiger partial charge in [0.1, 0.15) is 23.2 Å². The smallest absolute Gasteiger partial charge is 0.473 e. The zero-order valence-corrected chi connectivity index (χ0v) is 20.9. The summed E-state index contributed by atoms with van der Waals surface area (Å²) in [5, 5.41) is 2.84. The van der Waals surface area contributed by atoms with Gasteiger partial charge in [-0.2, -0.15) is 13.6 Å². The van der Waals surface area contributed by atoms with Crippen molar-refractivity contribution in [2.75, 3.05) is 24.4 Å². The van der Waals surface area contributed by atoms with Crippen LogP contribution in [0.1, 0.15) is 6.23 Å². The van der Waals surface area contributed by atoms with E-state index >= 15 is 0 Å². The van der Waals surface area contributed by atoms with Crippen LogP contribution in [0.15, 0.2) is 47.4 Å². The molecule has 1 aromatic carbocycles. The maximum absolute atomic E-state index is 12.4. The number of aromatic nitrogens is 2. The number of anilines is 1. The fourth-order valence-electron chi connectivity index (χ4n) is 2.58. The van der Waals surface area contributed by atoms with Crippen LogP contribution >= 0.6 is 35.2 Å². The molecule has 20 heteroatoms. The number of thioether (sulfide) groups is 1. The van der Waals surface area contributed by atoms with Gasteiger partial charge in [0, 0.05) is 11.9 Å². The molecule has 2 heterocycles. The monoisotopic (exact) mass is 575 g/mol. The maximum atomic E-state index is 12.4. The lowest BCUT2D eigenvalue weighted by Crippen LogP contribution is -2.29. The third-order valence-electron chi connectivity index (χ3n) is 3.90.